The van der Waals surface area contributed by atoms with Crippen molar-refractivity contribution in [2.75, 3.05) is 7.05 Å². The molecule has 3 aromatic rings. The lowest BCUT2D eigenvalue weighted by molar-refractivity contribution is -0.142. The van der Waals surface area contributed by atoms with Gasteiger partial charge in [-0.25, -0.2) is 0 Å². The monoisotopic (exact) mass is 476 g/mol. The molecule has 2 unspecified atom stereocenters. The minimum atomic E-state index is -1.23. The highest BCUT2D eigenvalue weighted by Crippen LogP contribution is 2.33. The number of nitrogens with one attached hydrogen (secondary N) is 2. The third-order valence-corrected chi connectivity index (χ3v) is 6.50. The van der Waals surface area contributed by atoms with E-state index in [1.54, 1.807) is 19.1 Å². The molecule has 0 aliphatic heterocycles. The van der Waals surface area contributed by atoms with Gasteiger partial charge in [0.15, 0.2) is 0 Å². The Morgan fingerprint density at radius 3 is 1.97 bits per heavy atom. The van der Waals surface area contributed by atoms with Crippen molar-refractivity contribution in [3.05, 3.63) is 72.5 Å². The molecule has 0 aliphatic carbocycles. The molecule has 7 nitrogen and oxygen atoms in total. The van der Waals surface area contributed by atoms with Gasteiger partial charge in [0.2, 0.25) is 11.8 Å². The number of rotatable bonds is 8. The maximum absolute atomic E-state index is 12.9. The number of carbonyl (C=O) groups is 3. The van der Waals surface area contributed by atoms with Gasteiger partial charge in [-0.15, -0.1) is 0 Å². The first-order valence-electron chi connectivity index (χ1n) is 11.5. The number of likely N-dealkylation sites (N-methyl/N-ethyl adjacent to an activating group) is 1. The Morgan fingerprint density at radius 2 is 1.43 bits per heavy atom. The Labute approximate surface area is 205 Å². The largest absolute Gasteiger partial charge is 0.481 e. The number of benzene rings is 2. The summed E-state index contributed by atoms with van der Waals surface area (Å²) in [4.78, 5) is 37.4. The second kappa shape index (κ2) is 10.2. The van der Waals surface area contributed by atoms with E-state index in [-0.39, 0.29) is 18.1 Å². The van der Waals surface area contributed by atoms with Crippen LogP contribution in [0.4, 0.5) is 0 Å². The van der Waals surface area contributed by atoms with Gasteiger partial charge >= 0.3 is 5.97 Å². The summed E-state index contributed by atoms with van der Waals surface area (Å²) < 4.78 is 5.87. The maximum Gasteiger partial charge on any atom is 0.314 e. The van der Waals surface area contributed by atoms with E-state index >= 15 is 0 Å². The molecule has 2 aromatic carbocycles. The van der Waals surface area contributed by atoms with E-state index in [4.69, 9.17) is 4.42 Å². The first kappa shape index (κ1) is 25.7. The topological polar surface area (TPSA) is 109 Å². The van der Waals surface area contributed by atoms with Gasteiger partial charge < -0.3 is 20.2 Å². The van der Waals surface area contributed by atoms with Gasteiger partial charge in [0, 0.05) is 19.0 Å². The molecule has 7 heteroatoms. The molecule has 0 radical (unpaired) electrons. The van der Waals surface area contributed by atoms with Gasteiger partial charge in [-0.2, -0.15) is 0 Å². The number of carboxylic acids is 1. The Bertz CT molecular complexity index is 1190. The van der Waals surface area contributed by atoms with E-state index in [2.05, 4.69) is 10.6 Å². The number of amides is 2. The fourth-order valence-corrected chi connectivity index (χ4v) is 3.81. The summed E-state index contributed by atoms with van der Waals surface area (Å²) in [7, 11) is 1.50. The molecular weight excluding hydrogens is 444 g/mol. The normalized spacial score (nSPS) is 14.0. The van der Waals surface area contributed by atoms with Gasteiger partial charge in [-0.3, -0.25) is 14.4 Å². The third-order valence-electron chi connectivity index (χ3n) is 6.50. The van der Waals surface area contributed by atoms with Gasteiger partial charge in [0.1, 0.15) is 23.0 Å². The van der Waals surface area contributed by atoms with Crippen LogP contribution >= 0.6 is 0 Å². The Kier molecular flexibility index (Phi) is 7.48. The molecule has 35 heavy (non-hydrogen) atoms. The fraction of sp³-hybridized carbons (Fsp3) is 0.321. The number of carbonyl (C=O) groups excluding carboxylic acids is 2. The number of hydrogen-bond acceptors (Lipinski definition) is 4. The van der Waals surface area contributed by atoms with Crippen LogP contribution in [-0.4, -0.2) is 35.5 Å². The van der Waals surface area contributed by atoms with E-state index in [9.17, 15) is 19.5 Å². The zero-order valence-electron chi connectivity index (χ0n) is 20.7. The molecule has 0 fully saturated rings. The van der Waals surface area contributed by atoms with E-state index in [1.165, 1.54) is 7.05 Å². The summed E-state index contributed by atoms with van der Waals surface area (Å²) in [6.45, 7) is 7.13. The number of aliphatic carboxylic acids is 1. The highest BCUT2D eigenvalue weighted by Gasteiger charge is 2.45. The molecule has 3 N–H and O–H groups in total. The Hall–Kier alpha value is -3.87. The Morgan fingerprint density at radius 1 is 0.857 bits per heavy atom. The maximum atomic E-state index is 12.9. The van der Waals surface area contributed by atoms with Crippen LogP contribution in [0, 0.1) is 5.41 Å². The molecule has 3 rings (SSSR count). The van der Waals surface area contributed by atoms with Gasteiger partial charge in [-0.1, -0.05) is 75.4 Å². The highest BCUT2D eigenvalue weighted by atomic mass is 16.4. The minimum Gasteiger partial charge on any atom is -0.481 e. The summed E-state index contributed by atoms with van der Waals surface area (Å²) in [5, 5.41) is 15.1. The van der Waals surface area contributed by atoms with Crippen LogP contribution in [0.3, 0.4) is 0 Å². The quantitative estimate of drug-likeness (QED) is 0.431. The van der Waals surface area contributed by atoms with Crippen LogP contribution in [0.5, 0.6) is 0 Å². The van der Waals surface area contributed by atoms with Crippen LogP contribution < -0.4 is 10.6 Å². The molecule has 1 heterocycles. The van der Waals surface area contributed by atoms with Crippen LogP contribution in [-0.2, 0) is 14.4 Å². The van der Waals surface area contributed by atoms with Gasteiger partial charge in [0.25, 0.3) is 0 Å². The molecule has 0 spiro atoms. The van der Waals surface area contributed by atoms with Gasteiger partial charge in [0.05, 0.1) is 0 Å². The molecule has 0 aliphatic rings. The number of hydrogen-bond donors (Lipinski definition) is 3. The van der Waals surface area contributed by atoms with E-state index in [0.717, 1.165) is 16.7 Å². The van der Waals surface area contributed by atoms with Gasteiger partial charge in [-0.05, 0) is 35.6 Å². The van der Waals surface area contributed by atoms with Crippen molar-refractivity contribution in [3.8, 4) is 22.5 Å². The van der Waals surface area contributed by atoms with Crippen molar-refractivity contribution in [2.45, 2.75) is 45.6 Å². The fourth-order valence-electron chi connectivity index (χ4n) is 3.81. The zero-order chi connectivity index (χ0) is 25.8. The van der Waals surface area contributed by atoms with Crippen LogP contribution in [0.15, 0.2) is 71.1 Å². The minimum absolute atomic E-state index is 0.173. The molecule has 2 amide bonds. The molecule has 184 valence electrons. The highest BCUT2D eigenvalue weighted by molar-refractivity contribution is 5.93. The van der Waals surface area contributed by atoms with Crippen molar-refractivity contribution in [2.24, 2.45) is 5.41 Å². The number of furan rings is 1. The lowest BCUT2D eigenvalue weighted by atomic mass is 9.74. The second-order valence-electron chi connectivity index (χ2n) is 9.74. The summed E-state index contributed by atoms with van der Waals surface area (Å²) in [5.41, 5.74) is 1.11. The lowest BCUT2D eigenvalue weighted by Gasteiger charge is -2.40. The summed E-state index contributed by atoms with van der Waals surface area (Å²) in [6.07, 6.45) is -0.363. The van der Waals surface area contributed by atoms with E-state index in [0.29, 0.717) is 5.76 Å². The van der Waals surface area contributed by atoms with Crippen molar-refractivity contribution < 1.29 is 23.9 Å². The molecule has 0 saturated carbocycles. The first-order valence-corrected chi connectivity index (χ1v) is 11.5. The third kappa shape index (κ3) is 5.62. The average molecular weight is 477 g/mol. The van der Waals surface area contributed by atoms with Crippen molar-refractivity contribution in [3.63, 3.8) is 0 Å². The number of carboxylic acid groups (broad SMARTS) is 1. The van der Waals surface area contributed by atoms with Crippen LogP contribution in [0.1, 0.15) is 45.8 Å². The Balaban J connectivity index is 1.78. The molecule has 1 aromatic heterocycles. The van der Waals surface area contributed by atoms with Crippen molar-refractivity contribution in [1.29, 1.82) is 0 Å². The standard InChI is InChI=1S/C28H32N2O5/c1-27(2,3)28(4,26(34)29-5)30-24(31)17-21(25(32)33)23-16-15-22(35-23)20-13-11-19(12-14-20)18-9-7-6-8-10-18/h6-16,21H,17H2,1-5H3,(H,29,34)(H,30,31)(H,32,33). The molecule has 0 bridgehead atoms. The molecule has 0 saturated heterocycles. The zero-order valence-corrected chi connectivity index (χ0v) is 20.7. The second-order valence-corrected chi connectivity index (χ2v) is 9.74. The smallest absolute Gasteiger partial charge is 0.314 e. The van der Waals surface area contributed by atoms with Crippen LogP contribution in [0.2, 0.25) is 0 Å². The predicted octanol–water partition coefficient (Wildman–Crippen LogP) is 4.84. The summed E-state index contributed by atoms with van der Waals surface area (Å²) in [6, 6.07) is 21.0. The molecular formula is C28H32N2O5. The van der Waals surface area contributed by atoms with Crippen molar-refractivity contribution in [1.82, 2.24) is 10.6 Å². The summed E-state index contributed by atoms with van der Waals surface area (Å²) >= 11 is 0. The first-order chi connectivity index (χ1) is 16.5. The lowest BCUT2D eigenvalue weighted by Crippen LogP contribution is -2.63. The average Bonchev–Trinajstić information content (AvgIpc) is 3.31. The summed E-state index contributed by atoms with van der Waals surface area (Å²) in [5.74, 6) is -2.60. The van der Waals surface area contributed by atoms with E-state index in [1.807, 2.05) is 75.4 Å². The van der Waals surface area contributed by atoms with Crippen molar-refractivity contribution >= 4 is 17.8 Å². The molecule has 2 atom stereocenters. The SMILES string of the molecule is CNC(=O)C(C)(NC(=O)CC(C(=O)O)c1ccc(-c2ccc(-c3ccccc3)cc2)o1)C(C)(C)C. The van der Waals surface area contributed by atoms with E-state index < -0.39 is 28.7 Å². The predicted molar refractivity (Wildman–Crippen MR) is 135 cm³/mol. The van der Waals surface area contributed by atoms with Crippen LogP contribution in [0.25, 0.3) is 22.5 Å².